The fourth-order valence-electron chi connectivity index (χ4n) is 3.50. The number of hydrogen-bond acceptors (Lipinski definition) is 4. The number of carbonyl (C=O) groups is 2. The molecule has 2 rings (SSSR count). The average Bonchev–Trinajstić information content (AvgIpc) is 2.66. The summed E-state index contributed by atoms with van der Waals surface area (Å²) in [6.07, 6.45) is 2.98. The number of carbonyl (C=O) groups excluding carboxylic acids is 2. The van der Waals surface area contributed by atoms with Crippen LogP contribution in [0.5, 0.6) is 5.75 Å². The van der Waals surface area contributed by atoms with E-state index in [1.54, 1.807) is 7.11 Å². The fraction of sp³-hybridized carbons (Fsp3) is 0.600. The van der Waals surface area contributed by atoms with Gasteiger partial charge in [0.05, 0.1) is 13.0 Å². The van der Waals surface area contributed by atoms with Gasteiger partial charge in [0.25, 0.3) is 0 Å². The molecule has 1 saturated heterocycles. The van der Waals surface area contributed by atoms with Crippen LogP contribution in [0, 0.1) is 11.8 Å². The van der Waals surface area contributed by atoms with E-state index in [1.807, 2.05) is 29.2 Å². The van der Waals surface area contributed by atoms with Crippen LogP contribution in [-0.4, -0.2) is 50.0 Å². The lowest BCUT2D eigenvalue weighted by Gasteiger charge is -2.32. The summed E-state index contributed by atoms with van der Waals surface area (Å²) in [4.78, 5) is 26.7. The quantitative estimate of drug-likeness (QED) is 0.736. The molecule has 0 aliphatic carbocycles. The Hall–Kier alpha value is -2.08. The summed E-state index contributed by atoms with van der Waals surface area (Å²) in [5, 5.41) is 2.83. The van der Waals surface area contributed by atoms with E-state index in [4.69, 9.17) is 10.5 Å². The minimum Gasteiger partial charge on any atom is -0.496 e. The Morgan fingerprint density at radius 3 is 2.88 bits per heavy atom. The lowest BCUT2D eigenvalue weighted by Crippen LogP contribution is -2.46. The molecule has 0 saturated carbocycles. The maximum absolute atomic E-state index is 12.7. The first-order valence-electron chi connectivity index (χ1n) is 9.42. The second kappa shape index (κ2) is 10.2. The first-order chi connectivity index (χ1) is 12.5. The number of nitrogens with two attached hydrogens (primary N) is 1. The second-order valence-electron chi connectivity index (χ2n) is 7.08. The molecule has 0 aromatic heterocycles. The number of amides is 2. The largest absolute Gasteiger partial charge is 0.496 e. The molecule has 2 atom stereocenters. The van der Waals surface area contributed by atoms with Crippen molar-refractivity contribution in [3.63, 3.8) is 0 Å². The van der Waals surface area contributed by atoms with Gasteiger partial charge in [0.1, 0.15) is 5.75 Å². The summed E-state index contributed by atoms with van der Waals surface area (Å²) in [7, 11) is 1.66. The number of likely N-dealkylation sites (tertiary alicyclic amines) is 1. The highest BCUT2D eigenvalue weighted by Gasteiger charge is 2.28. The standard InChI is InChI=1S/C20H31N3O3/c1-15(12-16-6-3-4-8-18(16)26-2)13-19(24)23-11-5-7-17(14-23)20(25)22-10-9-21/h3-4,6,8,15,17H,5,7,9-14,21H2,1-2H3,(H,22,25). The van der Waals surface area contributed by atoms with E-state index in [0.717, 1.165) is 37.1 Å². The lowest BCUT2D eigenvalue weighted by atomic mass is 9.94. The Morgan fingerprint density at radius 2 is 2.15 bits per heavy atom. The molecule has 0 spiro atoms. The Kier molecular flexibility index (Phi) is 7.91. The fourth-order valence-corrected chi connectivity index (χ4v) is 3.50. The molecule has 0 radical (unpaired) electrons. The van der Waals surface area contributed by atoms with Gasteiger partial charge in [-0.25, -0.2) is 0 Å². The molecule has 1 aliphatic rings. The molecule has 26 heavy (non-hydrogen) atoms. The van der Waals surface area contributed by atoms with Crippen LogP contribution >= 0.6 is 0 Å². The van der Waals surface area contributed by atoms with Crippen LogP contribution in [0.4, 0.5) is 0 Å². The van der Waals surface area contributed by atoms with Crippen LogP contribution in [0.2, 0.25) is 0 Å². The summed E-state index contributed by atoms with van der Waals surface area (Å²) < 4.78 is 5.39. The van der Waals surface area contributed by atoms with Gasteiger partial charge in [-0.05, 0) is 36.8 Å². The minimum absolute atomic E-state index is 0.00928. The summed E-state index contributed by atoms with van der Waals surface area (Å²) in [6.45, 7) is 4.25. The predicted molar refractivity (Wildman–Crippen MR) is 102 cm³/mol. The van der Waals surface area contributed by atoms with Crippen molar-refractivity contribution in [1.29, 1.82) is 0 Å². The van der Waals surface area contributed by atoms with Crippen molar-refractivity contribution in [2.24, 2.45) is 17.6 Å². The maximum Gasteiger partial charge on any atom is 0.224 e. The van der Waals surface area contributed by atoms with Gasteiger partial charge in [-0.3, -0.25) is 9.59 Å². The lowest BCUT2D eigenvalue weighted by molar-refractivity contribution is -0.136. The van der Waals surface area contributed by atoms with Gasteiger partial charge in [-0.1, -0.05) is 25.1 Å². The normalized spacial score (nSPS) is 18.3. The number of piperidine rings is 1. The van der Waals surface area contributed by atoms with Gasteiger partial charge in [0, 0.05) is 32.6 Å². The number of ether oxygens (including phenoxy) is 1. The number of rotatable bonds is 8. The van der Waals surface area contributed by atoms with Crippen molar-refractivity contribution in [2.75, 3.05) is 33.3 Å². The third-order valence-electron chi connectivity index (χ3n) is 4.87. The van der Waals surface area contributed by atoms with Gasteiger partial charge >= 0.3 is 0 Å². The molecule has 1 fully saturated rings. The Labute approximate surface area is 156 Å². The predicted octanol–water partition coefficient (Wildman–Crippen LogP) is 1.58. The summed E-state index contributed by atoms with van der Waals surface area (Å²) >= 11 is 0. The molecular formula is C20H31N3O3. The van der Waals surface area contributed by atoms with E-state index >= 15 is 0 Å². The van der Waals surface area contributed by atoms with Gasteiger partial charge < -0.3 is 20.7 Å². The highest BCUT2D eigenvalue weighted by molar-refractivity contribution is 5.81. The molecular weight excluding hydrogens is 330 g/mol. The van der Waals surface area contributed by atoms with Crippen LogP contribution in [0.25, 0.3) is 0 Å². The SMILES string of the molecule is COc1ccccc1CC(C)CC(=O)N1CCCC(C(=O)NCCN)C1. The smallest absolute Gasteiger partial charge is 0.224 e. The molecule has 2 amide bonds. The number of nitrogens with zero attached hydrogens (tertiary/aromatic N) is 1. The molecule has 2 unspecified atom stereocenters. The summed E-state index contributed by atoms with van der Waals surface area (Å²) in [5.74, 6) is 1.09. The van der Waals surface area contributed by atoms with E-state index in [-0.39, 0.29) is 23.7 Å². The van der Waals surface area contributed by atoms with Gasteiger partial charge in [-0.2, -0.15) is 0 Å². The van der Waals surface area contributed by atoms with Crippen molar-refractivity contribution in [3.05, 3.63) is 29.8 Å². The monoisotopic (exact) mass is 361 g/mol. The Bertz CT molecular complexity index is 606. The third kappa shape index (κ3) is 5.73. The average molecular weight is 361 g/mol. The molecule has 144 valence electrons. The zero-order valence-electron chi connectivity index (χ0n) is 15.9. The van der Waals surface area contributed by atoms with Crippen LogP contribution in [-0.2, 0) is 16.0 Å². The van der Waals surface area contributed by atoms with Crippen molar-refractivity contribution >= 4 is 11.8 Å². The van der Waals surface area contributed by atoms with Crippen LogP contribution in [0.15, 0.2) is 24.3 Å². The highest BCUT2D eigenvalue weighted by Crippen LogP contribution is 2.24. The van der Waals surface area contributed by atoms with E-state index in [0.29, 0.717) is 26.1 Å². The Morgan fingerprint density at radius 1 is 1.38 bits per heavy atom. The Balaban J connectivity index is 1.87. The number of methoxy groups -OCH3 is 1. The van der Waals surface area contributed by atoms with Crippen LogP contribution in [0.1, 0.15) is 31.7 Å². The van der Waals surface area contributed by atoms with Crippen LogP contribution < -0.4 is 15.8 Å². The first kappa shape index (κ1) is 20.2. The summed E-state index contributed by atoms with van der Waals surface area (Å²) in [6, 6.07) is 7.92. The number of para-hydroxylation sites is 1. The molecule has 6 heteroatoms. The van der Waals surface area contributed by atoms with E-state index in [9.17, 15) is 9.59 Å². The van der Waals surface area contributed by atoms with Gasteiger partial charge in [0.2, 0.25) is 11.8 Å². The summed E-state index contributed by atoms with van der Waals surface area (Å²) in [5.41, 5.74) is 6.55. The zero-order valence-corrected chi connectivity index (χ0v) is 15.9. The van der Waals surface area contributed by atoms with Crippen molar-refractivity contribution in [2.45, 2.75) is 32.6 Å². The van der Waals surface area contributed by atoms with Crippen molar-refractivity contribution < 1.29 is 14.3 Å². The molecule has 1 aromatic carbocycles. The number of benzene rings is 1. The number of nitrogens with one attached hydrogen (secondary N) is 1. The molecule has 1 aromatic rings. The van der Waals surface area contributed by atoms with E-state index in [1.165, 1.54) is 0 Å². The zero-order chi connectivity index (χ0) is 18.9. The third-order valence-corrected chi connectivity index (χ3v) is 4.87. The topological polar surface area (TPSA) is 84.7 Å². The number of hydrogen-bond donors (Lipinski definition) is 2. The van der Waals surface area contributed by atoms with Crippen LogP contribution in [0.3, 0.4) is 0 Å². The van der Waals surface area contributed by atoms with Gasteiger partial charge in [0.15, 0.2) is 0 Å². The highest BCUT2D eigenvalue weighted by atomic mass is 16.5. The molecule has 1 aliphatic heterocycles. The van der Waals surface area contributed by atoms with Gasteiger partial charge in [-0.15, -0.1) is 0 Å². The molecule has 0 bridgehead atoms. The minimum atomic E-state index is -0.122. The molecule has 3 N–H and O–H groups in total. The maximum atomic E-state index is 12.7. The van der Waals surface area contributed by atoms with E-state index < -0.39 is 0 Å². The first-order valence-corrected chi connectivity index (χ1v) is 9.42. The molecule has 1 heterocycles. The van der Waals surface area contributed by atoms with E-state index in [2.05, 4.69) is 12.2 Å². The van der Waals surface area contributed by atoms with Crippen molar-refractivity contribution in [3.8, 4) is 5.75 Å². The molecule has 6 nitrogen and oxygen atoms in total. The van der Waals surface area contributed by atoms with Crippen molar-refractivity contribution in [1.82, 2.24) is 10.2 Å². The second-order valence-corrected chi connectivity index (χ2v) is 7.08.